The molecule has 0 saturated carbocycles. The van der Waals surface area contributed by atoms with E-state index in [1.54, 1.807) is 48.5 Å². The van der Waals surface area contributed by atoms with Gasteiger partial charge >= 0.3 is 0 Å². The normalized spacial score (nSPS) is 9.64. The summed E-state index contributed by atoms with van der Waals surface area (Å²) >= 11 is 0. The largest absolute Gasteiger partial charge is 0.497 e. The Labute approximate surface area is 145 Å². The third-order valence-electron chi connectivity index (χ3n) is 3.28. The first-order valence-electron chi connectivity index (χ1n) is 7.37. The van der Waals surface area contributed by atoms with Gasteiger partial charge in [-0.1, -0.05) is 0 Å². The number of rotatable bonds is 6. The number of anilines is 2. The molecule has 7 heteroatoms. The lowest BCUT2D eigenvalue weighted by Crippen LogP contribution is -2.13. The van der Waals surface area contributed by atoms with Gasteiger partial charge in [-0.2, -0.15) is 5.26 Å². The van der Waals surface area contributed by atoms with Gasteiger partial charge in [0.2, 0.25) is 5.91 Å². The van der Waals surface area contributed by atoms with Crippen LogP contribution in [-0.2, 0) is 4.79 Å². The van der Waals surface area contributed by atoms with E-state index in [2.05, 4.69) is 10.6 Å². The van der Waals surface area contributed by atoms with E-state index >= 15 is 0 Å². The Morgan fingerprint density at radius 3 is 1.96 bits per heavy atom. The number of amides is 2. The Kier molecular flexibility index (Phi) is 5.96. The van der Waals surface area contributed by atoms with Gasteiger partial charge < -0.3 is 20.1 Å². The summed E-state index contributed by atoms with van der Waals surface area (Å²) in [5, 5.41) is 13.8. The lowest BCUT2D eigenvalue weighted by atomic mass is 10.1. The molecule has 7 nitrogen and oxygen atoms in total. The highest BCUT2D eigenvalue weighted by atomic mass is 16.5. The maximum atomic E-state index is 12.4. The number of methoxy groups -OCH3 is 2. The minimum atomic E-state index is -0.386. The number of ether oxygens (including phenoxy) is 2. The topological polar surface area (TPSA) is 100 Å². The van der Waals surface area contributed by atoms with E-state index in [0.717, 1.165) is 0 Å². The van der Waals surface area contributed by atoms with Crippen molar-refractivity contribution in [3.05, 3.63) is 48.0 Å². The quantitative estimate of drug-likeness (QED) is 0.843. The predicted molar refractivity (Wildman–Crippen MR) is 92.8 cm³/mol. The summed E-state index contributed by atoms with van der Waals surface area (Å²) < 4.78 is 10.3. The van der Waals surface area contributed by atoms with Crippen LogP contribution in [0.25, 0.3) is 0 Å². The van der Waals surface area contributed by atoms with Gasteiger partial charge in [0.05, 0.1) is 20.3 Å². The Balaban J connectivity index is 2.08. The molecule has 0 aliphatic heterocycles. The van der Waals surface area contributed by atoms with Crippen LogP contribution in [0.4, 0.5) is 11.4 Å². The Morgan fingerprint density at radius 2 is 1.48 bits per heavy atom. The number of carbonyl (C=O) groups is 2. The number of carbonyl (C=O) groups excluding carboxylic acids is 2. The highest BCUT2D eigenvalue weighted by Gasteiger charge is 2.10. The predicted octanol–water partition coefficient (Wildman–Crippen LogP) is 2.81. The standard InChI is InChI=1S/C18H17N3O4/c1-24-15-9-12(10-16(11-15)25-2)18(23)21-14-5-3-13(4-6-14)20-17(22)7-8-19/h3-6,9-11H,7H2,1-2H3,(H,20,22)(H,21,23). The highest BCUT2D eigenvalue weighted by Crippen LogP contribution is 2.23. The zero-order valence-electron chi connectivity index (χ0n) is 13.8. The van der Waals surface area contributed by atoms with Crippen molar-refractivity contribution < 1.29 is 19.1 Å². The van der Waals surface area contributed by atoms with Crippen LogP contribution in [0, 0.1) is 11.3 Å². The molecule has 25 heavy (non-hydrogen) atoms. The molecule has 2 aromatic rings. The van der Waals surface area contributed by atoms with Crippen molar-refractivity contribution in [3.8, 4) is 17.6 Å². The summed E-state index contributed by atoms with van der Waals surface area (Å²) in [6.07, 6.45) is -0.212. The molecule has 2 N–H and O–H groups in total. The molecule has 0 aliphatic carbocycles. The highest BCUT2D eigenvalue weighted by molar-refractivity contribution is 6.05. The zero-order chi connectivity index (χ0) is 18.2. The first-order chi connectivity index (χ1) is 12.0. The van der Waals surface area contributed by atoms with E-state index in [4.69, 9.17) is 14.7 Å². The number of nitrogens with zero attached hydrogens (tertiary/aromatic N) is 1. The van der Waals surface area contributed by atoms with Gasteiger partial charge in [-0.25, -0.2) is 0 Å². The van der Waals surface area contributed by atoms with Crippen molar-refractivity contribution in [2.45, 2.75) is 6.42 Å². The number of benzene rings is 2. The van der Waals surface area contributed by atoms with Crippen LogP contribution in [0.2, 0.25) is 0 Å². The molecule has 0 fully saturated rings. The molecular weight excluding hydrogens is 322 g/mol. The molecule has 0 unspecified atom stereocenters. The SMILES string of the molecule is COc1cc(OC)cc(C(=O)Nc2ccc(NC(=O)CC#N)cc2)c1. The van der Waals surface area contributed by atoms with Crippen LogP contribution in [0.15, 0.2) is 42.5 Å². The van der Waals surface area contributed by atoms with Gasteiger partial charge in [0.15, 0.2) is 0 Å². The molecule has 0 aliphatic rings. The first kappa shape index (κ1) is 17.8. The fourth-order valence-corrected chi connectivity index (χ4v) is 2.06. The summed E-state index contributed by atoms with van der Waals surface area (Å²) in [4.78, 5) is 23.7. The lowest BCUT2D eigenvalue weighted by Gasteiger charge is -2.10. The summed E-state index contributed by atoms with van der Waals surface area (Å²) in [5.74, 6) is 0.321. The van der Waals surface area contributed by atoms with Gasteiger partial charge in [0, 0.05) is 23.0 Å². The van der Waals surface area contributed by atoms with E-state index < -0.39 is 0 Å². The molecule has 0 spiro atoms. The molecule has 2 rings (SSSR count). The summed E-state index contributed by atoms with van der Waals surface area (Å²) in [7, 11) is 3.02. The van der Waals surface area contributed by atoms with Crippen LogP contribution in [0.1, 0.15) is 16.8 Å². The fraction of sp³-hybridized carbons (Fsp3) is 0.167. The minimum absolute atomic E-state index is 0.212. The number of nitrogens with one attached hydrogen (secondary N) is 2. The smallest absolute Gasteiger partial charge is 0.255 e. The summed E-state index contributed by atoms with van der Waals surface area (Å²) in [5.41, 5.74) is 1.49. The van der Waals surface area contributed by atoms with Crippen LogP contribution in [0.3, 0.4) is 0 Å². The van der Waals surface area contributed by atoms with Crippen molar-refractivity contribution in [1.82, 2.24) is 0 Å². The van der Waals surface area contributed by atoms with Crippen LogP contribution in [-0.4, -0.2) is 26.0 Å². The monoisotopic (exact) mass is 339 g/mol. The minimum Gasteiger partial charge on any atom is -0.497 e. The van der Waals surface area contributed by atoms with Crippen molar-refractivity contribution in [1.29, 1.82) is 5.26 Å². The van der Waals surface area contributed by atoms with Crippen LogP contribution < -0.4 is 20.1 Å². The average molecular weight is 339 g/mol. The van der Waals surface area contributed by atoms with Gasteiger partial charge in [-0.3, -0.25) is 9.59 Å². The van der Waals surface area contributed by atoms with E-state index in [1.807, 2.05) is 0 Å². The molecule has 0 heterocycles. The van der Waals surface area contributed by atoms with Crippen molar-refractivity contribution in [2.24, 2.45) is 0 Å². The Morgan fingerprint density at radius 1 is 0.960 bits per heavy atom. The molecule has 2 amide bonds. The summed E-state index contributed by atoms with van der Waals surface area (Å²) in [6, 6.07) is 13.2. The van der Waals surface area contributed by atoms with Crippen LogP contribution in [0.5, 0.6) is 11.5 Å². The maximum Gasteiger partial charge on any atom is 0.255 e. The lowest BCUT2D eigenvalue weighted by molar-refractivity contribution is -0.115. The zero-order valence-corrected chi connectivity index (χ0v) is 13.8. The number of hydrogen-bond donors (Lipinski definition) is 2. The van der Waals surface area contributed by atoms with E-state index in [9.17, 15) is 9.59 Å². The third-order valence-corrected chi connectivity index (χ3v) is 3.28. The van der Waals surface area contributed by atoms with E-state index in [0.29, 0.717) is 28.4 Å². The van der Waals surface area contributed by atoms with Crippen molar-refractivity contribution in [3.63, 3.8) is 0 Å². The van der Waals surface area contributed by atoms with Crippen molar-refractivity contribution in [2.75, 3.05) is 24.9 Å². The van der Waals surface area contributed by atoms with E-state index in [1.165, 1.54) is 14.2 Å². The molecule has 0 bridgehead atoms. The van der Waals surface area contributed by atoms with Gasteiger partial charge in [0.1, 0.15) is 17.9 Å². The fourth-order valence-electron chi connectivity index (χ4n) is 2.06. The molecule has 0 saturated heterocycles. The van der Waals surface area contributed by atoms with Crippen LogP contribution >= 0.6 is 0 Å². The molecular formula is C18H17N3O4. The molecule has 128 valence electrons. The molecule has 0 aromatic heterocycles. The third kappa shape index (κ3) is 4.97. The molecule has 0 atom stereocenters. The summed E-state index contributed by atoms with van der Waals surface area (Å²) in [6.45, 7) is 0. The van der Waals surface area contributed by atoms with Gasteiger partial charge in [0.25, 0.3) is 5.91 Å². The Bertz CT molecular complexity index is 788. The molecule has 2 aromatic carbocycles. The van der Waals surface area contributed by atoms with Gasteiger partial charge in [-0.05, 0) is 36.4 Å². The second kappa shape index (κ2) is 8.36. The number of hydrogen-bond acceptors (Lipinski definition) is 5. The second-order valence-electron chi connectivity index (χ2n) is 5.02. The average Bonchev–Trinajstić information content (AvgIpc) is 2.63. The second-order valence-corrected chi connectivity index (χ2v) is 5.02. The number of nitriles is 1. The molecule has 0 radical (unpaired) electrons. The van der Waals surface area contributed by atoms with Crippen molar-refractivity contribution >= 4 is 23.2 Å². The van der Waals surface area contributed by atoms with E-state index in [-0.39, 0.29) is 18.2 Å². The maximum absolute atomic E-state index is 12.4. The Hall–Kier alpha value is -3.53. The van der Waals surface area contributed by atoms with Gasteiger partial charge in [-0.15, -0.1) is 0 Å². The first-order valence-corrected chi connectivity index (χ1v) is 7.37.